The van der Waals surface area contributed by atoms with Gasteiger partial charge in [0.05, 0.1) is 22.8 Å². The Morgan fingerprint density at radius 2 is 1.60 bits per heavy atom. The molecule has 0 saturated carbocycles. The largest absolute Gasteiger partial charge is 0.416 e. The monoisotopic (exact) mass is 584 g/mol. The maximum Gasteiger partial charge on any atom is 0.416 e. The smallest absolute Gasteiger partial charge is 0.334 e. The van der Waals surface area contributed by atoms with Crippen molar-refractivity contribution in [1.29, 1.82) is 0 Å². The molecule has 0 unspecified atom stereocenters. The Balaban J connectivity index is 1.82. The van der Waals surface area contributed by atoms with Gasteiger partial charge in [-0.25, -0.2) is 0 Å². The minimum absolute atomic E-state index is 0.0847. The number of hydrogen-bond donors (Lipinski definition) is 4. The molecular formula is C29H31F3N6O4. The predicted octanol–water partition coefficient (Wildman–Crippen LogP) is 1.56. The van der Waals surface area contributed by atoms with Crippen molar-refractivity contribution in [2.24, 2.45) is 17.2 Å². The van der Waals surface area contributed by atoms with E-state index in [2.05, 4.69) is 10.3 Å². The van der Waals surface area contributed by atoms with E-state index in [0.717, 1.165) is 34.6 Å². The number of pyridine rings is 1. The first-order valence-electron chi connectivity index (χ1n) is 13.0. The van der Waals surface area contributed by atoms with Gasteiger partial charge in [0.1, 0.15) is 0 Å². The molecule has 2 amide bonds. The highest BCUT2D eigenvalue weighted by atomic mass is 19.4. The number of halogens is 3. The summed E-state index contributed by atoms with van der Waals surface area (Å²) in [5, 5.41) is 3.16. The molecule has 3 aromatic rings. The van der Waals surface area contributed by atoms with Crippen LogP contribution in [0, 0.1) is 0 Å². The summed E-state index contributed by atoms with van der Waals surface area (Å²) in [6, 6.07) is 11.5. The van der Waals surface area contributed by atoms with Gasteiger partial charge in [0, 0.05) is 50.6 Å². The van der Waals surface area contributed by atoms with Gasteiger partial charge in [0.15, 0.2) is 5.78 Å². The van der Waals surface area contributed by atoms with Crippen molar-refractivity contribution in [3.63, 3.8) is 0 Å². The molecule has 0 bridgehead atoms. The molecule has 3 rings (SSSR count). The Kier molecular flexibility index (Phi) is 11.0. The minimum atomic E-state index is -4.56. The summed E-state index contributed by atoms with van der Waals surface area (Å²) in [7, 11) is 0. The first-order chi connectivity index (χ1) is 19.9. The number of allylic oxidation sites excluding steroid dienone is 1. The summed E-state index contributed by atoms with van der Waals surface area (Å²) < 4.78 is 39.0. The Morgan fingerprint density at radius 3 is 2.21 bits per heavy atom. The lowest BCUT2D eigenvalue weighted by atomic mass is 10.0. The molecule has 0 aliphatic rings. The van der Waals surface area contributed by atoms with E-state index in [1.807, 2.05) is 18.2 Å². The summed E-state index contributed by atoms with van der Waals surface area (Å²) >= 11 is 0. The van der Waals surface area contributed by atoms with E-state index in [9.17, 15) is 32.3 Å². The van der Waals surface area contributed by atoms with E-state index in [1.165, 1.54) is 12.3 Å². The highest BCUT2D eigenvalue weighted by Crippen LogP contribution is 2.29. The number of fused-ring (bicyclic) bond motifs is 1. The first-order valence-corrected chi connectivity index (χ1v) is 13.0. The zero-order valence-corrected chi connectivity index (χ0v) is 22.6. The van der Waals surface area contributed by atoms with Crippen molar-refractivity contribution in [1.82, 2.24) is 15.2 Å². The van der Waals surface area contributed by atoms with E-state index < -0.39 is 47.6 Å². The maximum absolute atomic E-state index is 13.3. The highest BCUT2D eigenvalue weighted by Gasteiger charge is 2.30. The number of alkyl halides is 3. The highest BCUT2D eigenvalue weighted by molar-refractivity contribution is 6.36. The molecule has 222 valence electrons. The lowest BCUT2D eigenvalue weighted by Gasteiger charge is -2.21. The molecule has 1 atom stereocenters. The van der Waals surface area contributed by atoms with Crippen LogP contribution in [0.5, 0.6) is 0 Å². The van der Waals surface area contributed by atoms with Gasteiger partial charge in [0.2, 0.25) is 11.7 Å². The second-order valence-corrected chi connectivity index (χ2v) is 9.41. The van der Waals surface area contributed by atoms with E-state index >= 15 is 0 Å². The van der Waals surface area contributed by atoms with Crippen molar-refractivity contribution in [3.8, 4) is 0 Å². The van der Waals surface area contributed by atoms with Gasteiger partial charge in [-0.2, -0.15) is 13.2 Å². The number of nitrogens with one attached hydrogen (secondary N) is 1. The molecule has 42 heavy (non-hydrogen) atoms. The average molecular weight is 585 g/mol. The van der Waals surface area contributed by atoms with Gasteiger partial charge >= 0.3 is 6.18 Å². The van der Waals surface area contributed by atoms with Gasteiger partial charge in [-0.3, -0.25) is 24.2 Å². The Labute approximate surface area is 239 Å². The van der Waals surface area contributed by atoms with Crippen molar-refractivity contribution in [2.75, 3.05) is 26.2 Å². The van der Waals surface area contributed by atoms with Crippen LogP contribution in [0.1, 0.15) is 23.1 Å². The SMILES string of the molecule is NCCN(CCN)C(=O)C(=O)C[C@H](N)C(=O)N/C(=C/c1ccc(C(F)(F)F)cc1)C(=O)Cc1cnc2ccccc2c1. The number of amides is 2. The van der Waals surface area contributed by atoms with E-state index in [-0.39, 0.29) is 43.9 Å². The van der Waals surface area contributed by atoms with Crippen molar-refractivity contribution >= 4 is 40.4 Å². The molecule has 0 fully saturated rings. The second-order valence-electron chi connectivity index (χ2n) is 9.41. The van der Waals surface area contributed by atoms with Crippen molar-refractivity contribution < 1.29 is 32.3 Å². The number of carbonyl (C=O) groups excluding carboxylic acids is 4. The molecule has 10 nitrogen and oxygen atoms in total. The van der Waals surface area contributed by atoms with Crippen LogP contribution in [0.3, 0.4) is 0 Å². The van der Waals surface area contributed by atoms with Crippen LogP contribution < -0.4 is 22.5 Å². The zero-order valence-electron chi connectivity index (χ0n) is 22.6. The van der Waals surface area contributed by atoms with Crippen LogP contribution in [-0.4, -0.2) is 65.5 Å². The summed E-state index contributed by atoms with van der Waals surface area (Å²) in [6.07, 6.45) is -2.71. The lowest BCUT2D eigenvalue weighted by molar-refractivity contribution is -0.145. The first kappa shape index (κ1) is 32.1. The third-order valence-electron chi connectivity index (χ3n) is 6.18. The van der Waals surface area contributed by atoms with Gasteiger partial charge < -0.3 is 27.4 Å². The number of rotatable bonds is 13. The molecule has 0 aliphatic carbocycles. The normalized spacial score (nSPS) is 12.6. The van der Waals surface area contributed by atoms with Gasteiger partial charge in [0.25, 0.3) is 5.91 Å². The summed E-state index contributed by atoms with van der Waals surface area (Å²) in [6.45, 7) is 0.361. The fourth-order valence-electron chi connectivity index (χ4n) is 4.02. The number of para-hydroxylation sites is 1. The fraction of sp³-hybridized carbons (Fsp3) is 0.276. The summed E-state index contributed by atoms with van der Waals surface area (Å²) in [5.41, 5.74) is 17.1. The van der Waals surface area contributed by atoms with Crippen LogP contribution in [0.2, 0.25) is 0 Å². The van der Waals surface area contributed by atoms with Gasteiger partial charge in [-0.15, -0.1) is 0 Å². The number of aromatic nitrogens is 1. The number of carbonyl (C=O) groups is 4. The van der Waals surface area contributed by atoms with Crippen LogP contribution in [0.4, 0.5) is 13.2 Å². The quantitative estimate of drug-likeness (QED) is 0.173. The molecule has 7 N–H and O–H groups in total. The Bertz CT molecular complexity index is 1470. The molecule has 13 heteroatoms. The summed E-state index contributed by atoms with van der Waals surface area (Å²) in [5.74, 6) is -3.37. The molecule has 0 radical (unpaired) electrons. The van der Waals surface area contributed by atoms with Gasteiger partial charge in [-0.05, 0) is 41.5 Å². The van der Waals surface area contributed by atoms with E-state index in [4.69, 9.17) is 17.2 Å². The van der Waals surface area contributed by atoms with E-state index in [1.54, 1.807) is 12.1 Å². The number of ketones is 2. The molecule has 1 aromatic heterocycles. The van der Waals surface area contributed by atoms with Crippen LogP contribution in [-0.2, 0) is 31.8 Å². The van der Waals surface area contributed by atoms with E-state index in [0.29, 0.717) is 11.1 Å². The van der Waals surface area contributed by atoms with Gasteiger partial charge in [-0.1, -0.05) is 30.3 Å². The maximum atomic E-state index is 13.3. The molecule has 0 aliphatic heterocycles. The lowest BCUT2D eigenvalue weighted by Crippen LogP contribution is -2.47. The number of nitrogens with two attached hydrogens (primary N) is 3. The van der Waals surface area contributed by atoms with Crippen molar-refractivity contribution in [2.45, 2.75) is 25.1 Å². The van der Waals surface area contributed by atoms with Crippen molar-refractivity contribution in [3.05, 3.63) is 83.2 Å². The molecule has 2 aromatic carbocycles. The van der Waals surface area contributed by atoms with Crippen LogP contribution in [0.25, 0.3) is 17.0 Å². The minimum Gasteiger partial charge on any atom is -0.334 e. The molecule has 0 spiro atoms. The molecular weight excluding hydrogens is 553 g/mol. The number of benzene rings is 2. The number of nitrogens with zero attached hydrogens (tertiary/aromatic N) is 2. The fourth-order valence-corrected chi connectivity index (χ4v) is 4.02. The molecule has 0 saturated heterocycles. The third-order valence-corrected chi connectivity index (χ3v) is 6.18. The molecule has 1 heterocycles. The zero-order chi connectivity index (χ0) is 30.9. The standard InChI is InChI=1S/C29H31F3N6O4/c30-29(31,32)21-7-5-18(6-8-21)14-24(25(39)15-19-13-20-3-1-2-4-23(20)36-17-19)37-27(41)22(35)16-26(40)28(42)38(11-9-33)12-10-34/h1-8,13-14,17,22H,9-12,15-16,33-35H2,(H,37,41)/b24-14+/t22-/m0/s1. The average Bonchev–Trinajstić information content (AvgIpc) is 2.95. The van der Waals surface area contributed by atoms with Crippen LogP contribution in [0.15, 0.2) is 66.5 Å². The third kappa shape index (κ3) is 8.77. The topological polar surface area (TPSA) is 174 Å². The number of hydrogen-bond acceptors (Lipinski definition) is 8. The predicted molar refractivity (Wildman–Crippen MR) is 150 cm³/mol. The Morgan fingerprint density at radius 1 is 0.952 bits per heavy atom. The second kappa shape index (κ2) is 14.4. The Hall–Kier alpha value is -4.46. The van der Waals surface area contributed by atoms with Crippen LogP contribution >= 0.6 is 0 Å². The summed E-state index contributed by atoms with van der Waals surface area (Å²) in [4.78, 5) is 56.7. The number of Topliss-reactive ketones (excluding diaryl/α,β-unsaturated/α-hetero) is 2.